The van der Waals surface area contributed by atoms with Crippen molar-refractivity contribution in [2.45, 2.75) is 20.0 Å². The third kappa shape index (κ3) is 3.92. The Hall–Kier alpha value is -2.40. The maximum Gasteiger partial charge on any atom is 0.237 e. The normalized spacial score (nSPS) is 15.6. The van der Waals surface area contributed by atoms with Gasteiger partial charge in [-0.2, -0.15) is 0 Å². The van der Waals surface area contributed by atoms with Crippen LogP contribution in [-0.4, -0.2) is 47.4 Å². The van der Waals surface area contributed by atoms with E-state index in [4.69, 9.17) is 4.74 Å². The standard InChI is InChI=1S/C19H23N3O2/c1-15-4-3-9-20-18(15)13-21-10-11-22(19(23)14-21)12-16-5-7-17(24-2)8-6-16/h3-9H,10-14H2,1-2H3. The molecule has 1 aliphatic rings. The Kier molecular flexibility index (Phi) is 5.11. The first-order valence-electron chi connectivity index (χ1n) is 8.19. The Morgan fingerprint density at radius 2 is 1.92 bits per heavy atom. The fourth-order valence-corrected chi connectivity index (χ4v) is 2.91. The summed E-state index contributed by atoms with van der Waals surface area (Å²) in [6, 6.07) is 11.9. The minimum Gasteiger partial charge on any atom is -0.497 e. The third-order valence-corrected chi connectivity index (χ3v) is 4.42. The quantitative estimate of drug-likeness (QED) is 0.846. The molecule has 0 bridgehead atoms. The predicted octanol–water partition coefficient (Wildman–Crippen LogP) is 2.24. The number of hydrogen-bond donors (Lipinski definition) is 0. The van der Waals surface area contributed by atoms with Crippen molar-refractivity contribution in [3.05, 3.63) is 59.4 Å². The van der Waals surface area contributed by atoms with Crippen molar-refractivity contribution in [2.24, 2.45) is 0 Å². The minimum absolute atomic E-state index is 0.172. The second kappa shape index (κ2) is 7.45. The molecule has 2 heterocycles. The van der Waals surface area contributed by atoms with Gasteiger partial charge in [-0.15, -0.1) is 0 Å². The van der Waals surface area contributed by atoms with E-state index in [2.05, 4.69) is 22.9 Å². The van der Waals surface area contributed by atoms with Crippen molar-refractivity contribution in [1.29, 1.82) is 0 Å². The van der Waals surface area contributed by atoms with Crippen LogP contribution in [0.25, 0.3) is 0 Å². The summed E-state index contributed by atoms with van der Waals surface area (Å²) in [6.07, 6.45) is 1.81. The summed E-state index contributed by atoms with van der Waals surface area (Å²) in [6.45, 7) is 5.51. The van der Waals surface area contributed by atoms with Crippen LogP contribution in [-0.2, 0) is 17.9 Å². The number of carbonyl (C=O) groups is 1. The van der Waals surface area contributed by atoms with Gasteiger partial charge in [0.2, 0.25) is 5.91 Å². The molecule has 0 N–H and O–H groups in total. The largest absolute Gasteiger partial charge is 0.497 e. The molecule has 1 aliphatic heterocycles. The van der Waals surface area contributed by atoms with Gasteiger partial charge in [-0.3, -0.25) is 14.7 Å². The van der Waals surface area contributed by atoms with Gasteiger partial charge in [-0.25, -0.2) is 0 Å². The SMILES string of the molecule is COc1ccc(CN2CCN(Cc3ncccc3C)CC2=O)cc1. The van der Waals surface area contributed by atoms with E-state index in [-0.39, 0.29) is 5.91 Å². The average molecular weight is 325 g/mol. The summed E-state index contributed by atoms with van der Waals surface area (Å²) < 4.78 is 5.17. The number of carbonyl (C=O) groups excluding carboxylic acids is 1. The van der Waals surface area contributed by atoms with E-state index in [9.17, 15) is 4.79 Å². The highest BCUT2D eigenvalue weighted by molar-refractivity contribution is 5.79. The summed E-state index contributed by atoms with van der Waals surface area (Å²) in [5.74, 6) is 1.01. The van der Waals surface area contributed by atoms with Crippen molar-refractivity contribution < 1.29 is 9.53 Å². The van der Waals surface area contributed by atoms with Gasteiger partial charge in [0, 0.05) is 32.4 Å². The second-order valence-electron chi connectivity index (χ2n) is 6.14. The van der Waals surface area contributed by atoms with E-state index in [1.165, 1.54) is 5.56 Å². The topological polar surface area (TPSA) is 45.7 Å². The zero-order valence-corrected chi connectivity index (χ0v) is 14.2. The van der Waals surface area contributed by atoms with Crippen molar-refractivity contribution in [3.63, 3.8) is 0 Å². The van der Waals surface area contributed by atoms with Crippen LogP contribution in [0.4, 0.5) is 0 Å². The summed E-state index contributed by atoms with van der Waals surface area (Å²) in [4.78, 5) is 21.0. The van der Waals surface area contributed by atoms with Gasteiger partial charge < -0.3 is 9.64 Å². The van der Waals surface area contributed by atoms with Gasteiger partial charge in [0.25, 0.3) is 0 Å². The van der Waals surface area contributed by atoms with Crippen LogP contribution in [0.5, 0.6) is 5.75 Å². The third-order valence-electron chi connectivity index (χ3n) is 4.42. The fourth-order valence-electron chi connectivity index (χ4n) is 2.91. The van der Waals surface area contributed by atoms with Crippen molar-refractivity contribution >= 4 is 5.91 Å². The molecule has 0 unspecified atom stereocenters. The van der Waals surface area contributed by atoms with Crippen molar-refractivity contribution in [1.82, 2.24) is 14.8 Å². The Balaban J connectivity index is 1.57. The van der Waals surface area contributed by atoms with E-state index in [0.29, 0.717) is 13.1 Å². The van der Waals surface area contributed by atoms with Gasteiger partial charge in [0.05, 0.1) is 19.3 Å². The molecule has 2 aromatic rings. The number of aromatic nitrogens is 1. The molecule has 0 aliphatic carbocycles. The lowest BCUT2D eigenvalue weighted by Gasteiger charge is -2.34. The van der Waals surface area contributed by atoms with Crippen LogP contribution in [0.2, 0.25) is 0 Å². The highest BCUT2D eigenvalue weighted by Crippen LogP contribution is 2.16. The molecule has 5 nitrogen and oxygen atoms in total. The summed E-state index contributed by atoms with van der Waals surface area (Å²) in [5.41, 5.74) is 3.35. The molecular weight excluding hydrogens is 302 g/mol. The Morgan fingerprint density at radius 1 is 1.12 bits per heavy atom. The molecule has 3 rings (SSSR count). The summed E-state index contributed by atoms with van der Waals surface area (Å²) in [7, 11) is 1.65. The number of methoxy groups -OCH3 is 1. The van der Waals surface area contributed by atoms with Crippen LogP contribution in [0, 0.1) is 6.92 Å². The van der Waals surface area contributed by atoms with E-state index >= 15 is 0 Å². The fraction of sp³-hybridized carbons (Fsp3) is 0.368. The minimum atomic E-state index is 0.172. The van der Waals surface area contributed by atoms with E-state index in [1.54, 1.807) is 7.11 Å². The lowest BCUT2D eigenvalue weighted by atomic mass is 10.1. The van der Waals surface area contributed by atoms with Crippen LogP contribution in [0.1, 0.15) is 16.8 Å². The second-order valence-corrected chi connectivity index (χ2v) is 6.14. The molecule has 1 aromatic heterocycles. The average Bonchev–Trinajstić information content (AvgIpc) is 2.60. The van der Waals surface area contributed by atoms with Gasteiger partial charge >= 0.3 is 0 Å². The van der Waals surface area contributed by atoms with E-state index in [0.717, 1.165) is 36.6 Å². The molecule has 126 valence electrons. The molecule has 0 atom stereocenters. The first kappa shape index (κ1) is 16.5. The molecule has 0 radical (unpaired) electrons. The van der Waals surface area contributed by atoms with Crippen LogP contribution in [0.3, 0.4) is 0 Å². The van der Waals surface area contributed by atoms with Gasteiger partial charge in [-0.05, 0) is 36.2 Å². The maximum absolute atomic E-state index is 12.4. The van der Waals surface area contributed by atoms with Crippen LogP contribution in [0.15, 0.2) is 42.6 Å². The Labute approximate surface area is 142 Å². The number of piperazine rings is 1. The van der Waals surface area contributed by atoms with Gasteiger partial charge in [-0.1, -0.05) is 18.2 Å². The van der Waals surface area contributed by atoms with E-state index < -0.39 is 0 Å². The predicted molar refractivity (Wildman–Crippen MR) is 92.7 cm³/mol. The number of aryl methyl sites for hydroxylation is 1. The first-order valence-corrected chi connectivity index (χ1v) is 8.19. The number of benzene rings is 1. The Bertz CT molecular complexity index is 700. The number of rotatable bonds is 5. The molecule has 1 amide bonds. The number of amides is 1. The number of ether oxygens (including phenoxy) is 1. The van der Waals surface area contributed by atoms with Gasteiger partial charge in [0.15, 0.2) is 0 Å². The molecule has 1 aromatic carbocycles. The van der Waals surface area contributed by atoms with Gasteiger partial charge in [0.1, 0.15) is 5.75 Å². The highest BCUT2D eigenvalue weighted by atomic mass is 16.5. The molecule has 24 heavy (non-hydrogen) atoms. The highest BCUT2D eigenvalue weighted by Gasteiger charge is 2.24. The number of hydrogen-bond acceptors (Lipinski definition) is 4. The van der Waals surface area contributed by atoms with Crippen LogP contribution < -0.4 is 4.74 Å². The summed E-state index contributed by atoms with van der Waals surface area (Å²) in [5, 5.41) is 0. The molecule has 5 heteroatoms. The lowest BCUT2D eigenvalue weighted by Crippen LogP contribution is -2.49. The summed E-state index contributed by atoms with van der Waals surface area (Å²) >= 11 is 0. The smallest absolute Gasteiger partial charge is 0.237 e. The number of nitrogens with zero attached hydrogens (tertiary/aromatic N) is 3. The maximum atomic E-state index is 12.4. The van der Waals surface area contributed by atoms with E-state index in [1.807, 2.05) is 41.4 Å². The zero-order valence-electron chi connectivity index (χ0n) is 14.2. The monoisotopic (exact) mass is 325 g/mol. The number of pyridine rings is 1. The lowest BCUT2D eigenvalue weighted by molar-refractivity contribution is -0.136. The van der Waals surface area contributed by atoms with Crippen LogP contribution >= 0.6 is 0 Å². The zero-order chi connectivity index (χ0) is 16.9. The molecule has 1 saturated heterocycles. The Morgan fingerprint density at radius 3 is 2.58 bits per heavy atom. The molecular formula is C19H23N3O2. The molecule has 1 fully saturated rings. The van der Waals surface area contributed by atoms with Crippen molar-refractivity contribution in [3.8, 4) is 5.75 Å². The molecule has 0 spiro atoms. The first-order chi connectivity index (χ1) is 11.7. The molecule has 0 saturated carbocycles. The van der Waals surface area contributed by atoms with Crippen molar-refractivity contribution in [2.75, 3.05) is 26.7 Å².